The number of carbonyl (C=O) groups is 1. The second-order valence-corrected chi connectivity index (χ2v) is 7.86. The van der Waals surface area contributed by atoms with Gasteiger partial charge in [-0.3, -0.25) is 9.59 Å². The van der Waals surface area contributed by atoms with Crippen LogP contribution < -0.4 is 5.56 Å². The van der Waals surface area contributed by atoms with Crippen LogP contribution in [0.5, 0.6) is 0 Å². The molecule has 0 unspecified atom stereocenters. The molecule has 4 rings (SSSR count). The van der Waals surface area contributed by atoms with Crippen LogP contribution in [-0.4, -0.2) is 28.9 Å². The summed E-state index contributed by atoms with van der Waals surface area (Å²) in [6.07, 6.45) is 4.25. The number of H-pyrrole nitrogens is 1. The predicted octanol–water partition coefficient (Wildman–Crippen LogP) is 4.32. The third kappa shape index (κ3) is 4.01. The lowest BCUT2D eigenvalue weighted by atomic mass is 9.90. The van der Waals surface area contributed by atoms with Crippen molar-refractivity contribution in [2.45, 2.75) is 32.6 Å². The van der Waals surface area contributed by atoms with Gasteiger partial charge >= 0.3 is 0 Å². The topological polar surface area (TPSA) is 53.2 Å². The Labute approximate surface area is 165 Å². The summed E-state index contributed by atoms with van der Waals surface area (Å²) in [6, 6.07) is 18.0. The van der Waals surface area contributed by atoms with Crippen LogP contribution in [-0.2, 0) is 6.42 Å². The van der Waals surface area contributed by atoms with E-state index >= 15 is 0 Å². The molecule has 2 heterocycles. The lowest BCUT2D eigenvalue weighted by molar-refractivity contribution is 0.0685. The smallest absolute Gasteiger partial charge is 0.261 e. The Bertz CT molecular complexity index is 1030. The van der Waals surface area contributed by atoms with Crippen LogP contribution in [0.3, 0.4) is 0 Å². The number of piperidine rings is 1. The van der Waals surface area contributed by atoms with Gasteiger partial charge in [-0.25, -0.2) is 0 Å². The number of aryl methyl sites for hydroxylation is 2. The number of aromatic nitrogens is 1. The number of amides is 1. The lowest BCUT2D eigenvalue weighted by Gasteiger charge is -2.32. The van der Waals surface area contributed by atoms with E-state index in [4.69, 9.17) is 0 Å². The van der Waals surface area contributed by atoms with E-state index in [1.165, 1.54) is 11.1 Å². The van der Waals surface area contributed by atoms with Gasteiger partial charge in [0.15, 0.2) is 0 Å². The SMILES string of the molecule is Cc1ccc(CCC2CCN(C(=O)c3cc4ccccc4[nH]c3=O)CC2)cc1. The molecule has 4 nitrogen and oxygen atoms in total. The monoisotopic (exact) mass is 374 g/mol. The molecular formula is C24H26N2O2. The zero-order chi connectivity index (χ0) is 19.5. The summed E-state index contributed by atoms with van der Waals surface area (Å²) in [7, 11) is 0. The van der Waals surface area contributed by atoms with E-state index in [-0.39, 0.29) is 17.0 Å². The van der Waals surface area contributed by atoms with Crippen molar-refractivity contribution in [3.8, 4) is 0 Å². The molecule has 28 heavy (non-hydrogen) atoms. The Morgan fingerprint density at radius 1 is 1.07 bits per heavy atom. The highest BCUT2D eigenvalue weighted by Gasteiger charge is 2.25. The first-order chi connectivity index (χ1) is 13.6. The maximum atomic E-state index is 12.9. The predicted molar refractivity (Wildman–Crippen MR) is 113 cm³/mol. The summed E-state index contributed by atoms with van der Waals surface area (Å²) in [5.41, 5.74) is 3.38. The highest BCUT2D eigenvalue weighted by molar-refractivity contribution is 5.97. The molecule has 1 fully saturated rings. The zero-order valence-electron chi connectivity index (χ0n) is 16.3. The van der Waals surface area contributed by atoms with Gasteiger partial charge in [-0.05, 0) is 61.6 Å². The lowest BCUT2D eigenvalue weighted by Crippen LogP contribution is -2.40. The van der Waals surface area contributed by atoms with Crippen LogP contribution in [0.15, 0.2) is 59.4 Å². The van der Waals surface area contributed by atoms with Gasteiger partial charge in [-0.2, -0.15) is 0 Å². The third-order valence-corrected chi connectivity index (χ3v) is 5.85. The second kappa shape index (κ2) is 8.01. The molecule has 0 atom stereocenters. The van der Waals surface area contributed by atoms with Gasteiger partial charge in [0.2, 0.25) is 0 Å². The summed E-state index contributed by atoms with van der Waals surface area (Å²) >= 11 is 0. The van der Waals surface area contributed by atoms with Gasteiger partial charge in [0.05, 0.1) is 0 Å². The minimum atomic E-state index is -0.301. The molecule has 1 saturated heterocycles. The van der Waals surface area contributed by atoms with Crippen molar-refractivity contribution in [3.05, 3.63) is 81.6 Å². The molecule has 4 heteroatoms. The van der Waals surface area contributed by atoms with Gasteiger partial charge in [0.1, 0.15) is 5.56 Å². The van der Waals surface area contributed by atoms with Crippen LogP contribution in [0.25, 0.3) is 10.9 Å². The molecule has 2 aromatic carbocycles. The third-order valence-electron chi connectivity index (χ3n) is 5.85. The van der Waals surface area contributed by atoms with Crippen LogP contribution >= 0.6 is 0 Å². The summed E-state index contributed by atoms with van der Waals surface area (Å²) in [4.78, 5) is 29.9. The number of hydrogen-bond acceptors (Lipinski definition) is 2. The van der Waals surface area contributed by atoms with E-state index in [0.29, 0.717) is 5.92 Å². The molecule has 0 saturated carbocycles. The maximum Gasteiger partial charge on any atom is 0.261 e. The Balaban J connectivity index is 1.37. The van der Waals surface area contributed by atoms with Crippen molar-refractivity contribution in [2.24, 2.45) is 5.92 Å². The molecule has 1 aliphatic rings. The van der Waals surface area contributed by atoms with E-state index in [1.807, 2.05) is 29.2 Å². The standard InChI is InChI=1S/C24H26N2O2/c1-17-6-8-18(9-7-17)10-11-19-12-14-26(15-13-19)24(28)21-16-20-4-2-3-5-22(20)25-23(21)27/h2-9,16,19H,10-15H2,1H3,(H,25,27). The minimum Gasteiger partial charge on any atom is -0.338 e. The summed E-state index contributed by atoms with van der Waals surface area (Å²) in [5.74, 6) is 0.490. The average molecular weight is 374 g/mol. The molecule has 0 radical (unpaired) electrons. The number of para-hydroxylation sites is 1. The quantitative estimate of drug-likeness (QED) is 0.739. The van der Waals surface area contributed by atoms with Gasteiger partial charge in [0.25, 0.3) is 11.5 Å². The first-order valence-electron chi connectivity index (χ1n) is 10.1. The highest BCUT2D eigenvalue weighted by atomic mass is 16.2. The van der Waals surface area contributed by atoms with E-state index in [1.54, 1.807) is 6.07 Å². The first-order valence-corrected chi connectivity index (χ1v) is 10.1. The Morgan fingerprint density at radius 3 is 2.54 bits per heavy atom. The van der Waals surface area contributed by atoms with Crippen LogP contribution in [0.1, 0.15) is 40.7 Å². The summed E-state index contributed by atoms with van der Waals surface area (Å²) in [6.45, 7) is 3.56. The van der Waals surface area contributed by atoms with Crippen molar-refractivity contribution in [1.82, 2.24) is 9.88 Å². The molecule has 0 aliphatic carbocycles. The first kappa shape index (κ1) is 18.5. The van der Waals surface area contributed by atoms with E-state index < -0.39 is 0 Å². The zero-order valence-corrected chi connectivity index (χ0v) is 16.3. The number of fused-ring (bicyclic) bond motifs is 1. The molecule has 0 bridgehead atoms. The fourth-order valence-corrected chi connectivity index (χ4v) is 4.03. The molecule has 1 N–H and O–H groups in total. The van der Waals surface area contributed by atoms with E-state index in [0.717, 1.165) is 49.7 Å². The van der Waals surface area contributed by atoms with Crippen molar-refractivity contribution < 1.29 is 4.79 Å². The molecule has 0 spiro atoms. The number of likely N-dealkylation sites (tertiary alicyclic amines) is 1. The molecular weight excluding hydrogens is 348 g/mol. The van der Waals surface area contributed by atoms with Crippen LogP contribution in [0, 0.1) is 12.8 Å². The number of rotatable bonds is 4. The average Bonchev–Trinajstić information content (AvgIpc) is 2.73. The number of nitrogens with zero attached hydrogens (tertiary/aromatic N) is 1. The van der Waals surface area contributed by atoms with E-state index in [2.05, 4.69) is 36.2 Å². The molecule has 1 aliphatic heterocycles. The number of aromatic amines is 1. The van der Waals surface area contributed by atoms with Crippen molar-refractivity contribution in [2.75, 3.05) is 13.1 Å². The summed E-state index contributed by atoms with van der Waals surface area (Å²) < 4.78 is 0. The summed E-state index contributed by atoms with van der Waals surface area (Å²) in [5, 5.41) is 0.887. The van der Waals surface area contributed by atoms with Gasteiger partial charge in [-0.1, -0.05) is 48.0 Å². The number of nitrogens with one attached hydrogen (secondary N) is 1. The number of hydrogen-bond donors (Lipinski definition) is 1. The number of carbonyl (C=O) groups excluding carboxylic acids is 1. The van der Waals surface area contributed by atoms with Gasteiger partial charge < -0.3 is 9.88 Å². The molecule has 1 aromatic heterocycles. The van der Waals surface area contributed by atoms with Crippen LogP contribution in [0.4, 0.5) is 0 Å². The van der Waals surface area contributed by atoms with Crippen molar-refractivity contribution in [3.63, 3.8) is 0 Å². The Hall–Kier alpha value is -2.88. The normalized spacial score (nSPS) is 15.1. The van der Waals surface area contributed by atoms with Gasteiger partial charge in [-0.15, -0.1) is 0 Å². The maximum absolute atomic E-state index is 12.9. The van der Waals surface area contributed by atoms with Crippen molar-refractivity contribution >= 4 is 16.8 Å². The molecule has 1 amide bonds. The van der Waals surface area contributed by atoms with Crippen molar-refractivity contribution in [1.29, 1.82) is 0 Å². The fourth-order valence-electron chi connectivity index (χ4n) is 4.03. The number of benzene rings is 2. The molecule has 3 aromatic rings. The van der Waals surface area contributed by atoms with Gasteiger partial charge in [0, 0.05) is 18.6 Å². The Morgan fingerprint density at radius 2 is 1.79 bits per heavy atom. The number of pyridine rings is 1. The highest BCUT2D eigenvalue weighted by Crippen LogP contribution is 2.23. The Kier molecular flexibility index (Phi) is 5.29. The minimum absolute atomic E-state index is 0.149. The second-order valence-electron chi connectivity index (χ2n) is 7.86. The fraction of sp³-hybridized carbons (Fsp3) is 0.333. The molecule has 144 valence electrons. The largest absolute Gasteiger partial charge is 0.338 e. The van der Waals surface area contributed by atoms with Crippen LogP contribution in [0.2, 0.25) is 0 Å². The van der Waals surface area contributed by atoms with E-state index in [9.17, 15) is 9.59 Å².